The topological polar surface area (TPSA) is 74.3 Å². The van der Waals surface area contributed by atoms with Crippen LogP contribution in [0.25, 0.3) is 0 Å². The van der Waals surface area contributed by atoms with E-state index < -0.39 is 11.9 Å². The van der Waals surface area contributed by atoms with E-state index in [2.05, 4.69) is 0 Å². The molecule has 0 spiro atoms. The Kier molecular flexibility index (Phi) is 6.29. The van der Waals surface area contributed by atoms with E-state index in [1.807, 2.05) is 30.3 Å². The van der Waals surface area contributed by atoms with Gasteiger partial charge in [-0.15, -0.1) is 0 Å². The number of carbonyl (C=O) groups is 2. The van der Waals surface area contributed by atoms with Crippen LogP contribution in [0.4, 0.5) is 5.69 Å². The third-order valence-electron chi connectivity index (χ3n) is 4.23. The Bertz CT molecular complexity index is 860. The van der Waals surface area contributed by atoms with E-state index >= 15 is 0 Å². The van der Waals surface area contributed by atoms with Crippen molar-refractivity contribution in [2.45, 2.75) is 6.61 Å². The van der Waals surface area contributed by atoms with Crippen LogP contribution < -0.4 is 9.64 Å². The van der Waals surface area contributed by atoms with E-state index in [9.17, 15) is 9.59 Å². The molecule has 0 unspecified atom stereocenters. The molecule has 0 N–H and O–H groups in total. The zero-order chi connectivity index (χ0) is 19.9. The van der Waals surface area contributed by atoms with Crippen LogP contribution in [0.1, 0.15) is 5.56 Å². The molecule has 1 aliphatic rings. The lowest BCUT2D eigenvalue weighted by atomic mass is 10.1. The number of rotatable bonds is 6. The average Bonchev–Trinajstić information content (AvgIpc) is 2.77. The number of nitrogens with zero attached hydrogens (tertiary/aromatic N) is 1. The highest BCUT2D eigenvalue weighted by molar-refractivity contribution is 6.03. The zero-order valence-electron chi connectivity index (χ0n) is 15.7. The van der Waals surface area contributed by atoms with Gasteiger partial charge in [-0.25, -0.2) is 9.59 Å². The number of carbonyl (C=O) groups excluding carboxylic acids is 2. The molecule has 0 aromatic heterocycles. The molecule has 2 aromatic rings. The van der Waals surface area contributed by atoms with Gasteiger partial charge in [0.05, 0.1) is 26.4 Å². The van der Waals surface area contributed by atoms with Crippen LogP contribution in [0.5, 0.6) is 5.75 Å². The molecule has 3 rings (SSSR count). The number of hydrogen-bond acceptors (Lipinski definition) is 7. The summed E-state index contributed by atoms with van der Waals surface area (Å²) in [5.41, 5.74) is 1.95. The molecule has 146 valence electrons. The van der Waals surface area contributed by atoms with Gasteiger partial charge in [-0.2, -0.15) is 0 Å². The van der Waals surface area contributed by atoms with Crippen molar-refractivity contribution in [2.75, 3.05) is 32.5 Å². The van der Waals surface area contributed by atoms with E-state index in [0.29, 0.717) is 18.0 Å². The van der Waals surface area contributed by atoms with Crippen molar-refractivity contribution < 1.29 is 28.5 Å². The third-order valence-corrected chi connectivity index (χ3v) is 4.23. The molecule has 2 aromatic carbocycles. The van der Waals surface area contributed by atoms with Gasteiger partial charge in [0, 0.05) is 5.69 Å². The molecule has 28 heavy (non-hydrogen) atoms. The first-order chi connectivity index (χ1) is 13.6. The van der Waals surface area contributed by atoms with Gasteiger partial charge in [0.1, 0.15) is 24.8 Å². The quantitative estimate of drug-likeness (QED) is 0.710. The molecule has 0 atom stereocenters. The Morgan fingerprint density at radius 1 is 0.964 bits per heavy atom. The predicted molar refractivity (Wildman–Crippen MR) is 102 cm³/mol. The second kappa shape index (κ2) is 9.05. The standard InChI is InChI=1S/C21H21NO6/c1-25-20(23)18-13-27-14-22(19(18)21(24)26-2)16-8-10-17(11-9-16)28-12-15-6-4-3-5-7-15/h3-11H,12-14H2,1-2H3. The van der Waals surface area contributed by atoms with Crippen LogP contribution >= 0.6 is 0 Å². The lowest BCUT2D eigenvalue weighted by Gasteiger charge is -2.31. The summed E-state index contributed by atoms with van der Waals surface area (Å²) < 4.78 is 20.9. The molecule has 0 radical (unpaired) electrons. The third kappa shape index (κ3) is 4.32. The van der Waals surface area contributed by atoms with Gasteiger partial charge in [0.15, 0.2) is 0 Å². The van der Waals surface area contributed by atoms with Crippen LogP contribution in [-0.2, 0) is 30.4 Å². The fourth-order valence-electron chi connectivity index (χ4n) is 2.81. The summed E-state index contributed by atoms with van der Waals surface area (Å²) in [4.78, 5) is 25.9. The van der Waals surface area contributed by atoms with Crippen LogP contribution in [0.3, 0.4) is 0 Å². The van der Waals surface area contributed by atoms with Crippen LogP contribution in [-0.4, -0.2) is 39.5 Å². The van der Waals surface area contributed by atoms with E-state index in [0.717, 1.165) is 5.56 Å². The molecule has 1 aliphatic heterocycles. The van der Waals surface area contributed by atoms with Gasteiger partial charge in [0.2, 0.25) is 0 Å². The SMILES string of the molecule is COC(=O)C1=C(C(=O)OC)N(c2ccc(OCc3ccccc3)cc2)COC1. The number of hydrogen-bond donors (Lipinski definition) is 0. The van der Waals surface area contributed by atoms with Crippen LogP contribution in [0.15, 0.2) is 65.9 Å². The van der Waals surface area contributed by atoms with E-state index in [1.54, 1.807) is 29.2 Å². The Morgan fingerprint density at radius 3 is 2.29 bits per heavy atom. The summed E-state index contributed by atoms with van der Waals surface area (Å²) in [7, 11) is 2.51. The second-order valence-corrected chi connectivity index (χ2v) is 5.98. The minimum atomic E-state index is -0.632. The number of benzene rings is 2. The first-order valence-corrected chi connectivity index (χ1v) is 8.66. The molecule has 0 bridgehead atoms. The largest absolute Gasteiger partial charge is 0.489 e. The van der Waals surface area contributed by atoms with Gasteiger partial charge in [-0.3, -0.25) is 0 Å². The Hall–Kier alpha value is -3.32. The second-order valence-electron chi connectivity index (χ2n) is 5.98. The molecule has 0 amide bonds. The summed E-state index contributed by atoms with van der Waals surface area (Å²) in [6, 6.07) is 17.0. The highest BCUT2D eigenvalue weighted by Crippen LogP contribution is 2.28. The molecular formula is C21H21NO6. The van der Waals surface area contributed by atoms with Gasteiger partial charge in [-0.1, -0.05) is 30.3 Å². The highest BCUT2D eigenvalue weighted by Gasteiger charge is 2.32. The Balaban J connectivity index is 1.81. The van der Waals surface area contributed by atoms with Crippen molar-refractivity contribution in [2.24, 2.45) is 0 Å². The fourth-order valence-corrected chi connectivity index (χ4v) is 2.81. The molecule has 0 aliphatic carbocycles. The van der Waals surface area contributed by atoms with Crippen molar-refractivity contribution in [3.8, 4) is 5.75 Å². The van der Waals surface area contributed by atoms with Crippen LogP contribution in [0, 0.1) is 0 Å². The highest BCUT2D eigenvalue weighted by atomic mass is 16.5. The van der Waals surface area contributed by atoms with E-state index in [-0.39, 0.29) is 24.6 Å². The minimum Gasteiger partial charge on any atom is -0.489 e. The smallest absolute Gasteiger partial charge is 0.355 e. The summed E-state index contributed by atoms with van der Waals surface area (Å²) in [6.45, 7) is 0.536. The number of anilines is 1. The molecule has 0 saturated heterocycles. The first-order valence-electron chi connectivity index (χ1n) is 8.66. The molecular weight excluding hydrogens is 362 g/mol. The first kappa shape index (κ1) is 19.4. The molecule has 1 heterocycles. The van der Waals surface area contributed by atoms with E-state index in [4.69, 9.17) is 18.9 Å². The Labute approximate surface area is 163 Å². The van der Waals surface area contributed by atoms with Crippen LogP contribution in [0.2, 0.25) is 0 Å². The molecule has 0 saturated carbocycles. The number of methoxy groups -OCH3 is 2. The minimum absolute atomic E-state index is 0.0219. The maximum absolute atomic E-state index is 12.3. The molecule has 7 heteroatoms. The maximum atomic E-state index is 12.3. The summed E-state index contributed by atoms with van der Waals surface area (Å²) in [5.74, 6) is -0.580. The molecule has 7 nitrogen and oxygen atoms in total. The number of ether oxygens (including phenoxy) is 4. The summed E-state index contributed by atoms with van der Waals surface area (Å²) in [5, 5.41) is 0. The number of esters is 2. The van der Waals surface area contributed by atoms with Gasteiger partial charge in [0.25, 0.3) is 0 Å². The molecule has 0 fully saturated rings. The Morgan fingerprint density at radius 2 is 1.64 bits per heavy atom. The van der Waals surface area contributed by atoms with Crippen molar-refractivity contribution in [1.29, 1.82) is 0 Å². The normalized spacial score (nSPS) is 13.9. The van der Waals surface area contributed by atoms with Crippen molar-refractivity contribution in [3.05, 3.63) is 71.4 Å². The lowest BCUT2D eigenvalue weighted by molar-refractivity contribution is -0.140. The van der Waals surface area contributed by atoms with Crippen molar-refractivity contribution in [3.63, 3.8) is 0 Å². The maximum Gasteiger partial charge on any atom is 0.355 e. The van der Waals surface area contributed by atoms with Gasteiger partial charge < -0.3 is 23.8 Å². The average molecular weight is 383 g/mol. The fraction of sp³-hybridized carbons (Fsp3) is 0.238. The van der Waals surface area contributed by atoms with Gasteiger partial charge in [-0.05, 0) is 29.8 Å². The zero-order valence-corrected chi connectivity index (χ0v) is 15.7. The monoisotopic (exact) mass is 383 g/mol. The van der Waals surface area contributed by atoms with E-state index in [1.165, 1.54) is 14.2 Å². The summed E-state index contributed by atoms with van der Waals surface area (Å²) in [6.07, 6.45) is 0. The van der Waals surface area contributed by atoms with Gasteiger partial charge >= 0.3 is 11.9 Å². The lowest BCUT2D eigenvalue weighted by Crippen LogP contribution is -2.38. The summed E-state index contributed by atoms with van der Waals surface area (Å²) >= 11 is 0. The van der Waals surface area contributed by atoms with Crippen molar-refractivity contribution in [1.82, 2.24) is 0 Å². The predicted octanol–water partition coefficient (Wildman–Crippen LogP) is 2.66. The van der Waals surface area contributed by atoms with Crippen molar-refractivity contribution >= 4 is 17.6 Å².